The number of aryl methyl sites for hydroxylation is 1. The molecular weight excluding hydrogens is 376 g/mol. The average Bonchev–Trinajstić information content (AvgIpc) is 3.15. The van der Waals surface area contributed by atoms with Crippen LogP contribution in [0.1, 0.15) is 35.5 Å². The zero-order chi connectivity index (χ0) is 20.1. The summed E-state index contributed by atoms with van der Waals surface area (Å²) in [5, 5.41) is 12.0. The van der Waals surface area contributed by atoms with E-state index < -0.39 is 5.97 Å². The summed E-state index contributed by atoms with van der Waals surface area (Å²) in [4.78, 5) is 30.2. The van der Waals surface area contributed by atoms with Crippen molar-refractivity contribution in [3.8, 4) is 5.75 Å². The highest BCUT2D eigenvalue weighted by molar-refractivity contribution is 7.14. The Bertz CT molecular complexity index is 982. The molecule has 0 aliphatic carbocycles. The summed E-state index contributed by atoms with van der Waals surface area (Å²) in [6.07, 6.45) is 0.921. The number of phenols is 1. The van der Waals surface area contributed by atoms with Gasteiger partial charge in [0.05, 0.1) is 11.4 Å². The number of benzene rings is 2. The summed E-state index contributed by atoms with van der Waals surface area (Å²) in [6, 6.07) is 13.9. The molecule has 0 aliphatic heterocycles. The molecule has 2 aromatic carbocycles. The quantitative estimate of drug-likeness (QED) is 0.623. The number of rotatable bonds is 6. The highest BCUT2D eigenvalue weighted by Crippen LogP contribution is 2.29. The monoisotopic (exact) mass is 396 g/mol. The molecule has 6 nitrogen and oxygen atoms in total. The molecule has 0 fully saturated rings. The molecule has 0 saturated heterocycles. The van der Waals surface area contributed by atoms with E-state index in [1.165, 1.54) is 40.9 Å². The second-order valence-electron chi connectivity index (χ2n) is 6.09. The van der Waals surface area contributed by atoms with E-state index in [1.807, 2.05) is 24.3 Å². The number of aromatic hydroxyl groups is 1. The third-order valence-corrected chi connectivity index (χ3v) is 5.00. The number of para-hydroxylation sites is 1. The van der Waals surface area contributed by atoms with Crippen LogP contribution in [0.5, 0.6) is 5.75 Å². The van der Waals surface area contributed by atoms with Crippen molar-refractivity contribution < 1.29 is 19.4 Å². The summed E-state index contributed by atoms with van der Waals surface area (Å²) in [5.41, 5.74) is 2.54. The third kappa shape index (κ3) is 4.37. The van der Waals surface area contributed by atoms with Gasteiger partial charge in [-0.1, -0.05) is 31.2 Å². The van der Waals surface area contributed by atoms with Crippen molar-refractivity contribution in [2.75, 3.05) is 4.90 Å². The van der Waals surface area contributed by atoms with Gasteiger partial charge in [-0.2, -0.15) is 0 Å². The largest absolute Gasteiger partial charge is 0.507 e. The number of esters is 1. The number of ether oxygens (including phenoxy) is 1. The van der Waals surface area contributed by atoms with Crippen molar-refractivity contribution in [2.24, 2.45) is 0 Å². The molecule has 1 amide bonds. The third-order valence-electron chi connectivity index (χ3n) is 4.12. The average molecular weight is 396 g/mol. The molecule has 0 spiro atoms. The maximum atomic E-state index is 12.2. The lowest BCUT2D eigenvalue weighted by molar-refractivity contribution is -0.115. The molecule has 28 heavy (non-hydrogen) atoms. The minimum atomic E-state index is -0.633. The number of aromatic nitrogens is 1. The molecule has 7 heteroatoms. The van der Waals surface area contributed by atoms with Gasteiger partial charge in [0.2, 0.25) is 5.91 Å². The van der Waals surface area contributed by atoms with Gasteiger partial charge >= 0.3 is 5.97 Å². The van der Waals surface area contributed by atoms with Gasteiger partial charge in [0.25, 0.3) is 0 Å². The number of carbonyl (C=O) groups is 2. The van der Waals surface area contributed by atoms with Crippen molar-refractivity contribution in [1.82, 2.24) is 4.98 Å². The second-order valence-corrected chi connectivity index (χ2v) is 6.93. The zero-order valence-corrected chi connectivity index (χ0v) is 16.4. The van der Waals surface area contributed by atoms with E-state index in [9.17, 15) is 14.7 Å². The van der Waals surface area contributed by atoms with Gasteiger partial charge in [-0.15, -0.1) is 11.3 Å². The zero-order valence-electron chi connectivity index (χ0n) is 15.6. The van der Waals surface area contributed by atoms with Crippen LogP contribution in [0.25, 0.3) is 0 Å². The van der Waals surface area contributed by atoms with E-state index in [2.05, 4.69) is 11.9 Å². The molecule has 0 saturated carbocycles. The second kappa shape index (κ2) is 8.67. The molecule has 0 aliphatic rings. The summed E-state index contributed by atoms with van der Waals surface area (Å²) >= 11 is 1.29. The summed E-state index contributed by atoms with van der Waals surface area (Å²) in [6.45, 7) is 3.50. The van der Waals surface area contributed by atoms with E-state index in [4.69, 9.17) is 4.74 Å². The Balaban J connectivity index is 1.73. The minimum Gasteiger partial charge on any atom is -0.507 e. The van der Waals surface area contributed by atoms with Crippen LogP contribution in [0.3, 0.4) is 0 Å². The van der Waals surface area contributed by atoms with Gasteiger partial charge in [-0.25, -0.2) is 9.78 Å². The van der Waals surface area contributed by atoms with Crippen molar-refractivity contribution in [1.29, 1.82) is 0 Å². The maximum absolute atomic E-state index is 12.2. The number of hydrogen-bond acceptors (Lipinski definition) is 6. The van der Waals surface area contributed by atoms with Crippen molar-refractivity contribution >= 4 is 34.0 Å². The molecule has 144 valence electrons. The fourth-order valence-electron chi connectivity index (χ4n) is 2.64. The van der Waals surface area contributed by atoms with Gasteiger partial charge < -0.3 is 9.84 Å². The first-order valence-corrected chi connectivity index (χ1v) is 9.66. The number of amides is 1. The van der Waals surface area contributed by atoms with E-state index in [0.29, 0.717) is 10.8 Å². The van der Waals surface area contributed by atoms with Crippen LogP contribution < -0.4 is 4.90 Å². The molecule has 3 rings (SSSR count). The topological polar surface area (TPSA) is 79.7 Å². The van der Waals surface area contributed by atoms with E-state index >= 15 is 0 Å². The van der Waals surface area contributed by atoms with Crippen LogP contribution in [-0.2, 0) is 22.6 Å². The Labute approximate surface area is 167 Å². The molecule has 3 aromatic rings. The van der Waals surface area contributed by atoms with Gasteiger partial charge in [-0.05, 0) is 36.2 Å². The molecule has 1 aromatic heterocycles. The molecule has 0 atom stereocenters. The highest BCUT2D eigenvalue weighted by atomic mass is 32.1. The predicted molar refractivity (Wildman–Crippen MR) is 108 cm³/mol. The predicted octanol–water partition coefficient (Wildman–Crippen LogP) is 4.45. The molecule has 1 heterocycles. The van der Waals surface area contributed by atoms with Gasteiger partial charge in [-0.3, -0.25) is 9.69 Å². The molecular formula is C21H20N2O4S. The Morgan fingerprint density at radius 1 is 1.14 bits per heavy atom. The van der Waals surface area contributed by atoms with Gasteiger partial charge in [0.15, 0.2) is 5.13 Å². The Kier molecular flexibility index (Phi) is 6.06. The number of phenolic OH excluding ortho intramolecular Hbond substituents is 1. The van der Waals surface area contributed by atoms with Crippen molar-refractivity contribution in [2.45, 2.75) is 26.9 Å². The number of nitrogens with zero attached hydrogens (tertiary/aromatic N) is 2. The van der Waals surface area contributed by atoms with Crippen LogP contribution in [0.2, 0.25) is 0 Å². The SMILES string of the molecule is CCc1ccc(N(C(C)=O)c2nc(COC(=O)c3ccccc3O)cs2)cc1. The first kappa shape index (κ1) is 19.6. The van der Waals surface area contributed by atoms with Crippen LogP contribution in [0, 0.1) is 0 Å². The fourth-order valence-corrected chi connectivity index (χ4v) is 3.51. The number of anilines is 2. The van der Waals surface area contributed by atoms with Crippen LogP contribution >= 0.6 is 11.3 Å². The molecule has 1 N–H and O–H groups in total. The first-order chi connectivity index (χ1) is 13.5. The lowest BCUT2D eigenvalue weighted by Gasteiger charge is -2.18. The van der Waals surface area contributed by atoms with E-state index in [1.54, 1.807) is 17.5 Å². The van der Waals surface area contributed by atoms with E-state index in [-0.39, 0.29) is 23.8 Å². The van der Waals surface area contributed by atoms with Gasteiger partial charge in [0, 0.05) is 12.3 Å². The molecule has 0 unspecified atom stereocenters. The number of hydrogen-bond donors (Lipinski definition) is 1. The molecule has 0 radical (unpaired) electrons. The normalized spacial score (nSPS) is 10.5. The van der Waals surface area contributed by atoms with Crippen molar-refractivity contribution in [3.05, 3.63) is 70.7 Å². The molecule has 0 bridgehead atoms. The number of carbonyl (C=O) groups excluding carboxylic acids is 2. The van der Waals surface area contributed by atoms with Crippen LogP contribution in [0.4, 0.5) is 10.8 Å². The summed E-state index contributed by atoms with van der Waals surface area (Å²) in [5.74, 6) is -0.924. The van der Waals surface area contributed by atoms with Gasteiger partial charge in [0.1, 0.15) is 17.9 Å². The van der Waals surface area contributed by atoms with E-state index in [0.717, 1.165) is 12.1 Å². The maximum Gasteiger partial charge on any atom is 0.342 e. The van der Waals surface area contributed by atoms with Crippen LogP contribution in [0.15, 0.2) is 53.9 Å². The number of thiazole rings is 1. The van der Waals surface area contributed by atoms with Crippen molar-refractivity contribution in [3.63, 3.8) is 0 Å². The Hall–Kier alpha value is -3.19. The summed E-state index contributed by atoms with van der Waals surface area (Å²) < 4.78 is 5.23. The highest BCUT2D eigenvalue weighted by Gasteiger charge is 2.19. The minimum absolute atomic E-state index is 0.0514. The Morgan fingerprint density at radius 3 is 2.50 bits per heavy atom. The summed E-state index contributed by atoms with van der Waals surface area (Å²) in [7, 11) is 0. The Morgan fingerprint density at radius 2 is 1.86 bits per heavy atom. The first-order valence-electron chi connectivity index (χ1n) is 8.78. The lowest BCUT2D eigenvalue weighted by Crippen LogP contribution is -2.22. The lowest BCUT2D eigenvalue weighted by atomic mass is 10.1. The fraction of sp³-hybridized carbons (Fsp3) is 0.190. The van der Waals surface area contributed by atoms with Crippen LogP contribution in [-0.4, -0.2) is 22.0 Å². The standard InChI is InChI=1S/C21H20N2O4S/c1-3-15-8-10-17(11-9-15)23(14(2)24)21-22-16(13-28-21)12-27-20(26)18-6-4-5-7-19(18)25/h4-11,13,25H,3,12H2,1-2H3. The smallest absolute Gasteiger partial charge is 0.342 e.